The van der Waals surface area contributed by atoms with Gasteiger partial charge in [-0.3, -0.25) is 4.79 Å². The standard InChI is InChI=1S/C21H26ClNO3/c22-19-7-1-4-18(16-19)6-3-15-26-20-10-8-17(9-11-20)5-2-13-23-14-12-21(24)25/h1,4,7-11,16,23H,2-3,5-6,12-15H2,(H,24,25). The maximum absolute atomic E-state index is 10.4. The Morgan fingerprint density at radius 3 is 2.50 bits per heavy atom. The van der Waals surface area contributed by atoms with E-state index in [1.165, 1.54) is 11.1 Å². The molecule has 0 spiro atoms. The van der Waals surface area contributed by atoms with Crippen molar-refractivity contribution >= 4 is 17.6 Å². The largest absolute Gasteiger partial charge is 0.494 e. The van der Waals surface area contributed by atoms with Gasteiger partial charge in [0.2, 0.25) is 0 Å². The van der Waals surface area contributed by atoms with Gasteiger partial charge in [0.15, 0.2) is 0 Å². The van der Waals surface area contributed by atoms with Crippen LogP contribution in [-0.2, 0) is 17.6 Å². The topological polar surface area (TPSA) is 58.6 Å². The van der Waals surface area contributed by atoms with E-state index in [9.17, 15) is 4.79 Å². The van der Waals surface area contributed by atoms with E-state index in [0.717, 1.165) is 43.0 Å². The van der Waals surface area contributed by atoms with Crippen molar-refractivity contribution in [1.82, 2.24) is 5.32 Å². The molecule has 26 heavy (non-hydrogen) atoms. The number of hydrogen-bond donors (Lipinski definition) is 2. The first-order chi connectivity index (χ1) is 12.6. The molecule has 0 aliphatic heterocycles. The van der Waals surface area contributed by atoms with Crippen molar-refractivity contribution in [3.8, 4) is 5.75 Å². The summed E-state index contributed by atoms with van der Waals surface area (Å²) in [5.74, 6) is 0.125. The number of carboxylic acid groups (broad SMARTS) is 1. The highest BCUT2D eigenvalue weighted by molar-refractivity contribution is 6.30. The first kappa shape index (κ1) is 20.3. The molecule has 0 saturated heterocycles. The SMILES string of the molecule is O=C(O)CCNCCCc1ccc(OCCCc2cccc(Cl)c2)cc1. The number of halogens is 1. The molecule has 2 aromatic rings. The highest BCUT2D eigenvalue weighted by Gasteiger charge is 1.99. The highest BCUT2D eigenvalue weighted by Crippen LogP contribution is 2.15. The number of carbonyl (C=O) groups is 1. The number of aryl methyl sites for hydroxylation is 2. The van der Waals surface area contributed by atoms with Crippen LogP contribution in [0.1, 0.15) is 30.4 Å². The molecule has 2 aromatic carbocycles. The van der Waals surface area contributed by atoms with Gasteiger partial charge in [-0.15, -0.1) is 0 Å². The molecule has 0 aliphatic rings. The molecule has 2 N–H and O–H groups in total. The van der Waals surface area contributed by atoms with Crippen molar-refractivity contribution in [2.24, 2.45) is 0 Å². The maximum atomic E-state index is 10.4. The Morgan fingerprint density at radius 2 is 1.77 bits per heavy atom. The van der Waals surface area contributed by atoms with Crippen LogP contribution in [0.3, 0.4) is 0 Å². The van der Waals surface area contributed by atoms with Crippen molar-refractivity contribution < 1.29 is 14.6 Å². The zero-order valence-electron chi connectivity index (χ0n) is 14.9. The normalized spacial score (nSPS) is 10.7. The molecule has 0 fully saturated rings. The van der Waals surface area contributed by atoms with Gasteiger partial charge in [0.05, 0.1) is 13.0 Å². The van der Waals surface area contributed by atoms with Crippen molar-refractivity contribution in [3.05, 3.63) is 64.7 Å². The zero-order chi connectivity index (χ0) is 18.6. The van der Waals surface area contributed by atoms with Crippen LogP contribution in [0.4, 0.5) is 0 Å². The zero-order valence-corrected chi connectivity index (χ0v) is 15.7. The second kappa shape index (κ2) is 11.6. The molecule has 5 heteroatoms. The lowest BCUT2D eigenvalue weighted by Gasteiger charge is -2.08. The molecule has 0 saturated carbocycles. The molecule has 0 amide bonds. The molecular formula is C21H26ClNO3. The molecule has 2 rings (SSSR count). The molecule has 0 unspecified atom stereocenters. The fourth-order valence-corrected chi connectivity index (χ4v) is 2.86. The van der Waals surface area contributed by atoms with E-state index in [2.05, 4.69) is 23.5 Å². The Hall–Kier alpha value is -2.04. The quantitative estimate of drug-likeness (QED) is 0.541. The van der Waals surface area contributed by atoms with Gasteiger partial charge in [-0.25, -0.2) is 0 Å². The number of benzene rings is 2. The Bertz CT molecular complexity index is 673. The van der Waals surface area contributed by atoms with Gasteiger partial charge in [-0.2, -0.15) is 0 Å². The summed E-state index contributed by atoms with van der Waals surface area (Å²) in [6.45, 7) is 2.03. The van der Waals surface area contributed by atoms with E-state index >= 15 is 0 Å². The van der Waals surface area contributed by atoms with Crippen LogP contribution >= 0.6 is 11.6 Å². The minimum absolute atomic E-state index is 0.170. The van der Waals surface area contributed by atoms with Crippen LogP contribution in [0, 0.1) is 0 Å². The average molecular weight is 376 g/mol. The molecular weight excluding hydrogens is 350 g/mol. The molecule has 0 bridgehead atoms. The molecule has 0 atom stereocenters. The van der Waals surface area contributed by atoms with Gasteiger partial charge in [0.25, 0.3) is 0 Å². The van der Waals surface area contributed by atoms with Crippen molar-refractivity contribution in [3.63, 3.8) is 0 Å². The number of rotatable bonds is 12. The van der Waals surface area contributed by atoms with Gasteiger partial charge < -0.3 is 15.2 Å². The average Bonchev–Trinajstić information content (AvgIpc) is 2.62. The Balaban J connectivity index is 1.59. The van der Waals surface area contributed by atoms with E-state index in [0.29, 0.717) is 13.2 Å². The minimum atomic E-state index is -0.763. The monoisotopic (exact) mass is 375 g/mol. The van der Waals surface area contributed by atoms with Gasteiger partial charge in [0, 0.05) is 11.6 Å². The summed E-state index contributed by atoms with van der Waals surface area (Å²) in [4.78, 5) is 10.4. The molecule has 0 radical (unpaired) electrons. The number of ether oxygens (including phenoxy) is 1. The molecule has 4 nitrogen and oxygen atoms in total. The second-order valence-electron chi connectivity index (χ2n) is 6.22. The van der Waals surface area contributed by atoms with E-state index in [1.807, 2.05) is 30.3 Å². The first-order valence-corrected chi connectivity index (χ1v) is 9.40. The fraction of sp³-hybridized carbons (Fsp3) is 0.381. The lowest BCUT2D eigenvalue weighted by molar-refractivity contribution is -0.136. The lowest BCUT2D eigenvalue weighted by atomic mass is 10.1. The predicted octanol–water partition coefficient (Wildman–Crippen LogP) is 4.35. The highest BCUT2D eigenvalue weighted by atomic mass is 35.5. The summed E-state index contributed by atoms with van der Waals surface area (Å²) in [5, 5.41) is 12.5. The van der Waals surface area contributed by atoms with E-state index in [-0.39, 0.29) is 6.42 Å². The first-order valence-electron chi connectivity index (χ1n) is 9.02. The van der Waals surface area contributed by atoms with Crippen LogP contribution < -0.4 is 10.1 Å². The number of carboxylic acids is 1. The number of aliphatic carboxylic acids is 1. The maximum Gasteiger partial charge on any atom is 0.304 e. The molecule has 0 aliphatic carbocycles. The third kappa shape index (κ3) is 8.37. The van der Waals surface area contributed by atoms with Gasteiger partial charge in [0.1, 0.15) is 5.75 Å². The molecule has 0 heterocycles. The van der Waals surface area contributed by atoms with Gasteiger partial charge in [-0.05, 0) is 67.6 Å². The van der Waals surface area contributed by atoms with Gasteiger partial charge in [-0.1, -0.05) is 35.9 Å². The summed E-state index contributed by atoms with van der Waals surface area (Å²) in [6.07, 6.45) is 4.02. The van der Waals surface area contributed by atoms with Crippen LogP contribution in [-0.4, -0.2) is 30.8 Å². The summed E-state index contributed by atoms with van der Waals surface area (Å²) >= 11 is 5.98. The van der Waals surface area contributed by atoms with Crippen molar-refractivity contribution in [2.75, 3.05) is 19.7 Å². The van der Waals surface area contributed by atoms with E-state index in [4.69, 9.17) is 21.4 Å². The minimum Gasteiger partial charge on any atom is -0.494 e. The smallest absolute Gasteiger partial charge is 0.304 e. The van der Waals surface area contributed by atoms with E-state index < -0.39 is 5.97 Å². The van der Waals surface area contributed by atoms with Crippen molar-refractivity contribution in [1.29, 1.82) is 0 Å². The van der Waals surface area contributed by atoms with Crippen LogP contribution in [0.5, 0.6) is 5.75 Å². The van der Waals surface area contributed by atoms with Gasteiger partial charge >= 0.3 is 5.97 Å². The summed E-state index contributed by atoms with van der Waals surface area (Å²) < 4.78 is 5.79. The van der Waals surface area contributed by atoms with Crippen LogP contribution in [0.25, 0.3) is 0 Å². The molecule has 140 valence electrons. The number of hydrogen-bond acceptors (Lipinski definition) is 3. The Kier molecular flexibility index (Phi) is 9.01. The number of nitrogens with one attached hydrogen (secondary N) is 1. The lowest BCUT2D eigenvalue weighted by Crippen LogP contribution is -2.19. The van der Waals surface area contributed by atoms with Crippen LogP contribution in [0.15, 0.2) is 48.5 Å². The third-order valence-electron chi connectivity index (χ3n) is 4.03. The Labute approximate surface area is 160 Å². The predicted molar refractivity (Wildman–Crippen MR) is 105 cm³/mol. The van der Waals surface area contributed by atoms with Crippen LogP contribution in [0.2, 0.25) is 5.02 Å². The summed E-state index contributed by atoms with van der Waals surface area (Å²) in [7, 11) is 0. The fourth-order valence-electron chi connectivity index (χ4n) is 2.65. The van der Waals surface area contributed by atoms with E-state index in [1.54, 1.807) is 0 Å². The Morgan fingerprint density at radius 1 is 1.00 bits per heavy atom. The molecule has 0 aromatic heterocycles. The van der Waals surface area contributed by atoms with Crippen molar-refractivity contribution in [2.45, 2.75) is 32.1 Å². The summed E-state index contributed by atoms with van der Waals surface area (Å²) in [5.41, 5.74) is 2.49. The third-order valence-corrected chi connectivity index (χ3v) is 4.26. The summed E-state index contributed by atoms with van der Waals surface area (Å²) in [6, 6.07) is 16.1. The second-order valence-corrected chi connectivity index (χ2v) is 6.66.